The molecule has 0 aromatic heterocycles. The average molecular weight is 334 g/mol. The topological polar surface area (TPSA) is 76.7 Å². The lowest BCUT2D eigenvalue weighted by molar-refractivity contribution is -0.138. The molecule has 1 atom stereocenters. The lowest BCUT2D eigenvalue weighted by Gasteiger charge is -2.24. The van der Waals surface area contributed by atoms with Gasteiger partial charge in [-0.05, 0) is 51.3 Å². The number of hydrogen-bond acceptors (Lipinski definition) is 4. The van der Waals surface area contributed by atoms with E-state index in [9.17, 15) is 9.59 Å². The van der Waals surface area contributed by atoms with Crippen molar-refractivity contribution in [2.75, 3.05) is 25.6 Å². The van der Waals surface area contributed by atoms with Crippen LogP contribution in [0.1, 0.15) is 32.3 Å². The molecule has 0 saturated carbocycles. The van der Waals surface area contributed by atoms with Crippen molar-refractivity contribution in [1.29, 1.82) is 0 Å². The van der Waals surface area contributed by atoms with Gasteiger partial charge in [-0.1, -0.05) is 6.07 Å². The van der Waals surface area contributed by atoms with Crippen molar-refractivity contribution in [3.8, 4) is 5.75 Å². The van der Waals surface area contributed by atoms with E-state index in [2.05, 4.69) is 10.6 Å². The Morgan fingerprint density at radius 1 is 1.33 bits per heavy atom. The van der Waals surface area contributed by atoms with Gasteiger partial charge in [0, 0.05) is 13.2 Å². The predicted molar refractivity (Wildman–Crippen MR) is 92.1 cm³/mol. The number of carbonyl (C=O) groups excluding carboxylic acids is 2. The van der Waals surface area contributed by atoms with E-state index < -0.39 is 5.41 Å². The van der Waals surface area contributed by atoms with Crippen molar-refractivity contribution >= 4 is 17.5 Å². The maximum atomic E-state index is 12.6. The molecular formula is C18H26N2O4. The van der Waals surface area contributed by atoms with Crippen LogP contribution < -0.4 is 15.4 Å². The molecule has 0 bridgehead atoms. The maximum Gasteiger partial charge on any atom is 0.239 e. The number of amides is 2. The monoisotopic (exact) mass is 334 g/mol. The normalized spacial score (nSPS) is 17.4. The Labute approximate surface area is 142 Å². The molecule has 0 aliphatic carbocycles. The Morgan fingerprint density at radius 3 is 2.71 bits per heavy atom. The highest BCUT2D eigenvalue weighted by Crippen LogP contribution is 2.27. The van der Waals surface area contributed by atoms with Crippen LogP contribution in [-0.2, 0) is 14.3 Å². The number of anilines is 1. The molecule has 2 N–H and O–H groups in total. The minimum atomic E-state index is -1.20. The Hall–Kier alpha value is -2.08. The summed E-state index contributed by atoms with van der Waals surface area (Å²) in [4.78, 5) is 25.0. The molecule has 1 unspecified atom stereocenters. The van der Waals surface area contributed by atoms with Crippen molar-refractivity contribution in [3.63, 3.8) is 0 Å². The van der Waals surface area contributed by atoms with Gasteiger partial charge in [0.1, 0.15) is 11.2 Å². The van der Waals surface area contributed by atoms with Crippen molar-refractivity contribution in [2.45, 2.75) is 39.7 Å². The highest BCUT2D eigenvalue weighted by atomic mass is 16.5. The standard InChI is InChI=1S/C18H26N2O4/c1-12-7-8-15(23-4)14(10-12)20-17(22)18(2,3)16(21)19-11-13-6-5-9-24-13/h7-8,10,13H,5-6,9,11H2,1-4H3,(H,19,21)(H,20,22). The van der Waals surface area contributed by atoms with Gasteiger partial charge >= 0.3 is 0 Å². The summed E-state index contributed by atoms with van der Waals surface area (Å²) in [5.41, 5.74) is 0.349. The van der Waals surface area contributed by atoms with Gasteiger partial charge in [0.05, 0.1) is 18.9 Å². The second kappa shape index (κ2) is 7.66. The van der Waals surface area contributed by atoms with Crippen LogP contribution in [0.2, 0.25) is 0 Å². The Kier molecular flexibility index (Phi) is 5.83. The SMILES string of the molecule is COc1ccc(C)cc1NC(=O)C(C)(C)C(=O)NCC1CCCO1. The van der Waals surface area contributed by atoms with E-state index in [1.807, 2.05) is 19.1 Å². The molecule has 132 valence electrons. The van der Waals surface area contributed by atoms with E-state index >= 15 is 0 Å². The van der Waals surface area contributed by atoms with Gasteiger partial charge in [-0.25, -0.2) is 0 Å². The van der Waals surface area contributed by atoms with Crippen LogP contribution in [0.4, 0.5) is 5.69 Å². The van der Waals surface area contributed by atoms with Gasteiger partial charge < -0.3 is 20.1 Å². The molecule has 1 aliphatic rings. The zero-order chi connectivity index (χ0) is 17.7. The minimum Gasteiger partial charge on any atom is -0.495 e. The molecular weight excluding hydrogens is 308 g/mol. The lowest BCUT2D eigenvalue weighted by atomic mass is 9.90. The lowest BCUT2D eigenvalue weighted by Crippen LogP contribution is -2.47. The molecule has 1 aromatic carbocycles. The third-order valence-corrected chi connectivity index (χ3v) is 4.25. The molecule has 1 aromatic rings. The molecule has 0 radical (unpaired) electrons. The van der Waals surface area contributed by atoms with Gasteiger partial charge in [-0.2, -0.15) is 0 Å². The van der Waals surface area contributed by atoms with E-state index in [1.165, 1.54) is 0 Å². The molecule has 0 spiro atoms. The zero-order valence-electron chi connectivity index (χ0n) is 14.8. The van der Waals surface area contributed by atoms with Gasteiger partial charge in [0.25, 0.3) is 0 Å². The number of benzene rings is 1. The van der Waals surface area contributed by atoms with Crippen LogP contribution in [0.15, 0.2) is 18.2 Å². The summed E-state index contributed by atoms with van der Waals surface area (Å²) in [7, 11) is 1.54. The maximum absolute atomic E-state index is 12.6. The highest BCUT2D eigenvalue weighted by molar-refractivity contribution is 6.10. The van der Waals surface area contributed by atoms with Crippen molar-refractivity contribution in [1.82, 2.24) is 5.32 Å². The summed E-state index contributed by atoms with van der Waals surface area (Å²) in [6.45, 7) is 6.31. The molecule has 2 rings (SSSR count). The third-order valence-electron chi connectivity index (χ3n) is 4.25. The fourth-order valence-corrected chi connectivity index (χ4v) is 2.53. The number of ether oxygens (including phenoxy) is 2. The number of nitrogens with one attached hydrogen (secondary N) is 2. The van der Waals surface area contributed by atoms with Crippen LogP contribution in [0.3, 0.4) is 0 Å². The molecule has 1 saturated heterocycles. The first kappa shape index (κ1) is 18.3. The predicted octanol–water partition coefficient (Wildman–Crippen LogP) is 2.26. The molecule has 1 fully saturated rings. The van der Waals surface area contributed by atoms with Crippen molar-refractivity contribution in [2.24, 2.45) is 5.41 Å². The zero-order valence-corrected chi connectivity index (χ0v) is 14.8. The Bertz CT molecular complexity index is 607. The fraction of sp³-hybridized carbons (Fsp3) is 0.556. The van der Waals surface area contributed by atoms with Crippen LogP contribution in [0.5, 0.6) is 5.75 Å². The second-order valence-corrected chi connectivity index (χ2v) is 6.63. The molecule has 24 heavy (non-hydrogen) atoms. The van der Waals surface area contributed by atoms with E-state index in [4.69, 9.17) is 9.47 Å². The second-order valence-electron chi connectivity index (χ2n) is 6.63. The third kappa shape index (κ3) is 4.26. The molecule has 6 heteroatoms. The molecule has 1 heterocycles. The van der Waals surface area contributed by atoms with E-state index in [0.717, 1.165) is 25.0 Å². The Morgan fingerprint density at radius 2 is 2.08 bits per heavy atom. The largest absolute Gasteiger partial charge is 0.495 e. The molecule has 6 nitrogen and oxygen atoms in total. The fourth-order valence-electron chi connectivity index (χ4n) is 2.53. The number of rotatable bonds is 6. The van der Waals surface area contributed by atoms with Gasteiger partial charge in [0.2, 0.25) is 11.8 Å². The molecule has 2 amide bonds. The van der Waals surface area contributed by atoms with Gasteiger partial charge in [-0.3, -0.25) is 9.59 Å². The first-order valence-electron chi connectivity index (χ1n) is 8.20. The van der Waals surface area contributed by atoms with Crippen molar-refractivity contribution < 1.29 is 19.1 Å². The number of hydrogen-bond donors (Lipinski definition) is 2. The van der Waals surface area contributed by atoms with E-state index in [-0.39, 0.29) is 17.9 Å². The Balaban J connectivity index is 2.01. The van der Waals surface area contributed by atoms with Crippen LogP contribution in [-0.4, -0.2) is 38.2 Å². The van der Waals surface area contributed by atoms with Crippen LogP contribution in [0, 0.1) is 12.3 Å². The van der Waals surface area contributed by atoms with Gasteiger partial charge in [0.15, 0.2) is 0 Å². The summed E-state index contributed by atoms with van der Waals surface area (Å²) >= 11 is 0. The summed E-state index contributed by atoms with van der Waals surface area (Å²) in [6.07, 6.45) is 2.00. The van der Waals surface area contributed by atoms with Crippen LogP contribution >= 0.6 is 0 Å². The number of carbonyl (C=O) groups is 2. The first-order valence-corrected chi connectivity index (χ1v) is 8.20. The summed E-state index contributed by atoms with van der Waals surface area (Å²) < 4.78 is 10.7. The molecule has 1 aliphatic heterocycles. The average Bonchev–Trinajstić information content (AvgIpc) is 3.06. The van der Waals surface area contributed by atoms with Crippen molar-refractivity contribution in [3.05, 3.63) is 23.8 Å². The number of methoxy groups -OCH3 is 1. The summed E-state index contributed by atoms with van der Waals surface area (Å²) in [5, 5.41) is 5.61. The highest BCUT2D eigenvalue weighted by Gasteiger charge is 2.36. The summed E-state index contributed by atoms with van der Waals surface area (Å²) in [6, 6.07) is 5.50. The van der Waals surface area contributed by atoms with Gasteiger partial charge in [-0.15, -0.1) is 0 Å². The smallest absolute Gasteiger partial charge is 0.239 e. The summed E-state index contributed by atoms with van der Waals surface area (Å²) in [5.74, 6) is -0.136. The minimum absolute atomic E-state index is 0.0460. The van der Waals surface area contributed by atoms with E-state index in [0.29, 0.717) is 18.0 Å². The first-order chi connectivity index (χ1) is 11.3. The number of aryl methyl sites for hydroxylation is 1. The van der Waals surface area contributed by atoms with E-state index in [1.54, 1.807) is 27.0 Å². The quantitative estimate of drug-likeness (QED) is 0.783. The van der Waals surface area contributed by atoms with Crippen LogP contribution in [0.25, 0.3) is 0 Å².